The van der Waals surface area contributed by atoms with Crippen molar-refractivity contribution >= 4 is 0 Å². The van der Waals surface area contributed by atoms with Crippen LogP contribution in [0.25, 0.3) is 0 Å². The Kier molecular flexibility index (Phi) is 6.75. The van der Waals surface area contributed by atoms with Crippen molar-refractivity contribution in [3.05, 3.63) is 29.6 Å². The fourth-order valence-electron chi connectivity index (χ4n) is 1.69. The number of rotatable bonds is 8. The van der Waals surface area contributed by atoms with Crippen LogP contribution < -0.4 is 5.32 Å². The summed E-state index contributed by atoms with van der Waals surface area (Å²) in [4.78, 5) is 6.02. The molecule has 5 heteroatoms. The summed E-state index contributed by atoms with van der Waals surface area (Å²) < 4.78 is 24.4. The zero-order chi connectivity index (χ0) is 13.4. The van der Waals surface area contributed by atoms with Gasteiger partial charge in [-0.05, 0) is 32.1 Å². The predicted octanol–water partition coefficient (Wildman–Crippen LogP) is 2.28. The molecule has 0 saturated heterocycles. The standard InChI is InChI=1S/C13H21F2N3/c1-3-7-16-8-11-5-4-6-12(17-11)9-18(2)10-13(14)15/h4-6,13,16H,3,7-10H2,1-2H3. The molecule has 3 nitrogen and oxygen atoms in total. The molecule has 0 unspecified atom stereocenters. The summed E-state index contributed by atoms with van der Waals surface area (Å²) in [6, 6.07) is 5.73. The lowest BCUT2D eigenvalue weighted by molar-refractivity contribution is 0.0970. The van der Waals surface area contributed by atoms with Gasteiger partial charge in [0.25, 0.3) is 6.43 Å². The van der Waals surface area contributed by atoms with Crippen molar-refractivity contribution in [1.82, 2.24) is 15.2 Å². The van der Waals surface area contributed by atoms with Crippen LogP contribution in [0.3, 0.4) is 0 Å². The van der Waals surface area contributed by atoms with E-state index in [4.69, 9.17) is 0 Å². The minimum Gasteiger partial charge on any atom is -0.311 e. The number of alkyl halides is 2. The van der Waals surface area contributed by atoms with Crippen molar-refractivity contribution in [2.24, 2.45) is 0 Å². The fourth-order valence-corrected chi connectivity index (χ4v) is 1.69. The van der Waals surface area contributed by atoms with E-state index in [1.165, 1.54) is 0 Å². The highest BCUT2D eigenvalue weighted by atomic mass is 19.3. The number of halogens is 2. The quantitative estimate of drug-likeness (QED) is 0.724. The van der Waals surface area contributed by atoms with Gasteiger partial charge in [0.1, 0.15) is 0 Å². The monoisotopic (exact) mass is 257 g/mol. The third kappa shape index (κ3) is 6.02. The number of nitrogens with zero attached hydrogens (tertiary/aromatic N) is 2. The molecular weight excluding hydrogens is 236 g/mol. The molecule has 0 aromatic carbocycles. The summed E-state index contributed by atoms with van der Waals surface area (Å²) in [7, 11) is 1.68. The second-order valence-electron chi connectivity index (χ2n) is 4.38. The first-order chi connectivity index (χ1) is 8.61. The van der Waals surface area contributed by atoms with Gasteiger partial charge >= 0.3 is 0 Å². The average Bonchev–Trinajstić information content (AvgIpc) is 2.28. The van der Waals surface area contributed by atoms with Crippen LogP contribution >= 0.6 is 0 Å². The van der Waals surface area contributed by atoms with Crippen LogP contribution in [0, 0.1) is 0 Å². The van der Waals surface area contributed by atoms with Gasteiger partial charge in [0, 0.05) is 13.1 Å². The molecule has 18 heavy (non-hydrogen) atoms. The molecular formula is C13H21F2N3. The van der Waals surface area contributed by atoms with Gasteiger partial charge in [-0.25, -0.2) is 8.78 Å². The molecule has 1 N–H and O–H groups in total. The van der Waals surface area contributed by atoms with Crippen molar-refractivity contribution in [2.75, 3.05) is 20.1 Å². The van der Waals surface area contributed by atoms with E-state index >= 15 is 0 Å². The molecule has 0 radical (unpaired) electrons. The Hall–Kier alpha value is -1.07. The second-order valence-corrected chi connectivity index (χ2v) is 4.38. The van der Waals surface area contributed by atoms with Gasteiger partial charge < -0.3 is 5.32 Å². The molecule has 0 aliphatic heterocycles. The normalized spacial score (nSPS) is 11.4. The Morgan fingerprint density at radius 1 is 1.33 bits per heavy atom. The van der Waals surface area contributed by atoms with Crippen molar-refractivity contribution in [1.29, 1.82) is 0 Å². The molecule has 0 saturated carbocycles. The summed E-state index contributed by atoms with van der Waals surface area (Å²) in [5.41, 5.74) is 1.78. The number of hydrogen-bond acceptors (Lipinski definition) is 3. The summed E-state index contributed by atoms with van der Waals surface area (Å²) in [6.45, 7) is 4.01. The van der Waals surface area contributed by atoms with Gasteiger partial charge in [-0.2, -0.15) is 0 Å². The van der Waals surface area contributed by atoms with Crippen LogP contribution in [0.15, 0.2) is 18.2 Å². The molecule has 1 heterocycles. The number of aromatic nitrogens is 1. The van der Waals surface area contributed by atoms with E-state index in [0.29, 0.717) is 6.54 Å². The smallest absolute Gasteiger partial charge is 0.251 e. The molecule has 0 aliphatic rings. The van der Waals surface area contributed by atoms with Crippen LogP contribution in [0.4, 0.5) is 8.78 Å². The number of nitrogens with one attached hydrogen (secondary N) is 1. The van der Waals surface area contributed by atoms with Gasteiger partial charge in [-0.15, -0.1) is 0 Å². The van der Waals surface area contributed by atoms with Crippen LogP contribution in [-0.2, 0) is 13.1 Å². The average molecular weight is 257 g/mol. The van der Waals surface area contributed by atoms with E-state index in [1.54, 1.807) is 11.9 Å². The molecule has 102 valence electrons. The van der Waals surface area contributed by atoms with Crippen LogP contribution in [0.1, 0.15) is 24.7 Å². The molecule has 0 atom stereocenters. The predicted molar refractivity (Wildman–Crippen MR) is 68.6 cm³/mol. The zero-order valence-corrected chi connectivity index (χ0v) is 11.0. The first-order valence-corrected chi connectivity index (χ1v) is 6.24. The first-order valence-electron chi connectivity index (χ1n) is 6.24. The van der Waals surface area contributed by atoms with Gasteiger partial charge in [-0.1, -0.05) is 13.0 Å². The molecule has 1 rings (SSSR count). The van der Waals surface area contributed by atoms with Crippen molar-refractivity contribution in [3.63, 3.8) is 0 Å². The van der Waals surface area contributed by atoms with Gasteiger partial charge in [0.05, 0.1) is 17.9 Å². The first kappa shape index (κ1) is 15.0. The molecule has 0 fully saturated rings. The Morgan fingerprint density at radius 3 is 2.72 bits per heavy atom. The lowest BCUT2D eigenvalue weighted by Crippen LogP contribution is -2.25. The highest BCUT2D eigenvalue weighted by Crippen LogP contribution is 2.04. The molecule has 1 aromatic heterocycles. The number of hydrogen-bond donors (Lipinski definition) is 1. The fraction of sp³-hybridized carbons (Fsp3) is 0.615. The van der Waals surface area contributed by atoms with E-state index in [2.05, 4.69) is 17.2 Å². The largest absolute Gasteiger partial charge is 0.311 e. The Morgan fingerprint density at radius 2 is 2.06 bits per heavy atom. The Balaban J connectivity index is 2.48. The van der Waals surface area contributed by atoms with Crippen LogP contribution in [0.2, 0.25) is 0 Å². The van der Waals surface area contributed by atoms with Crippen molar-refractivity contribution < 1.29 is 8.78 Å². The third-order valence-corrected chi connectivity index (χ3v) is 2.48. The number of pyridine rings is 1. The molecule has 0 aliphatic carbocycles. The second kappa shape index (κ2) is 8.11. The topological polar surface area (TPSA) is 28.2 Å². The van der Waals surface area contributed by atoms with Crippen molar-refractivity contribution in [3.8, 4) is 0 Å². The van der Waals surface area contributed by atoms with Gasteiger partial charge in [0.2, 0.25) is 0 Å². The lowest BCUT2D eigenvalue weighted by atomic mass is 10.3. The minimum absolute atomic E-state index is 0.222. The van der Waals surface area contributed by atoms with E-state index in [-0.39, 0.29) is 6.54 Å². The maximum Gasteiger partial charge on any atom is 0.251 e. The SMILES string of the molecule is CCCNCc1cccc(CN(C)CC(F)F)n1. The summed E-state index contributed by atoms with van der Waals surface area (Å²) >= 11 is 0. The van der Waals surface area contributed by atoms with E-state index in [1.807, 2.05) is 18.2 Å². The molecule has 0 amide bonds. The summed E-state index contributed by atoms with van der Waals surface area (Å²) in [6.07, 6.45) is -1.22. The molecule has 1 aromatic rings. The molecule has 0 bridgehead atoms. The van der Waals surface area contributed by atoms with Gasteiger partial charge in [0.15, 0.2) is 0 Å². The lowest BCUT2D eigenvalue weighted by Gasteiger charge is -2.15. The van der Waals surface area contributed by atoms with Crippen LogP contribution in [0.5, 0.6) is 0 Å². The highest BCUT2D eigenvalue weighted by molar-refractivity contribution is 5.11. The van der Waals surface area contributed by atoms with Crippen LogP contribution in [-0.4, -0.2) is 36.4 Å². The van der Waals surface area contributed by atoms with E-state index in [0.717, 1.165) is 30.9 Å². The highest BCUT2D eigenvalue weighted by Gasteiger charge is 2.08. The third-order valence-electron chi connectivity index (χ3n) is 2.48. The zero-order valence-electron chi connectivity index (χ0n) is 11.0. The van der Waals surface area contributed by atoms with Gasteiger partial charge in [-0.3, -0.25) is 9.88 Å². The molecule has 0 spiro atoms. The Labute approximate surface area is 107 Å². The van der Waals surface area contributed by atoms with Crippen molar-refractivity contribution in [2.45, 2.75) is 32.9 Å². The maximum atomic E-state index is 12.2. The Bertz CT molecular complexity index is 345. The summed E-state index contributed by atoms with van der Waals surface area (Å²) in [5, 5.41) is 3.27. The van der Waals surface area contributed by atoms with E-state index in [9.17, 15) is 8.78 Å². The minimum atomic E-state index is -2.30. The maximum absolute atomic E-state index is 12.2. The van der Waals surface area contributed by atoms with E-state index < -0.39 is 6.43 Å². The summed E-state index contributed by atoms with van der Waals surface area (Å²) in [5.74, 6) is 0.